The first kappa shape index (κ1) is 11.4. The molecule has 1 fully saturated rings. The zero-order valence-corrected chi connectivity index (χ0v) is 11.1. The van der Waals surface area contributed by atoms with Crippen LogP contribution in [0, 0.1) is 0 Å². The number of nitrogens with one attached hydrogen (secondary N) is 1. The Bertz CT molecular complexity index is 426. The van der Waals surface area contributed by atoms with E-state index in [-0.39, 0.29) is 0 Å². The van der Waals surface area contributed by atoms with Crippen molar-refractivity contribution in [1.82, 2.24) is 5.32 Å². The minimum atomic E-state index is 0.551. The first-order valence-electron chi connectivity index (χ1n) is 6.39. The van der Waals surface area contributed by atoms with E-state index < -0.39 is 0 Å². The fourth-order valence-electron chi connectivity index (χ4n) is 2.75. The highest BCUT2D eigenvalue weighted by molar-refractivity contribution is 8.00. The first-order chi connectivity index (χ1) is 8.22. The molecule has 0 saturated heterocycles. The Morgan fingerprint density at radius 1 is 1.47 bits per heavy atom. The summed E-state index contributed by atoms with van der Waals surface area (Å²) in [5.74, 6) is 0. The molecule has 1 aromatic rings. The van der Waals surface area contributed by atoms with Gasteiger partial charge in [-0.15, -0.1) is 0 Å². The van der Waals surface area contributed by atoms with Crippen molar-refractivity contribution in [3.63, 3.8) is 0 Å². The highest BCUT2D eigenvalue weighted by Crippen LogP contribution is 2.47. The van der Waals surface area contributed by atoms with Crippen LogP contribution in [0.1, 0.15) is 36.4 Å². The third kappa shape index (κ3) is 2.18. The monoisotopic (exact) mass is 248 g/mol. The second-order valence-corrected chi connectivity index (χ2v) is 6.59. The highest BCUT2D eigenvalue weighted by atomic mass is 32.2. The van der Waals surface area contributed by atoms with Crippen LogP contribution in [0.15, 0.2) is 18.2 Å². The van der Waals surface area contributed by atoms with Crippen LogP contribution in [-0.2, 0) is 6.42 Å². The smallest absolute Gasteiger partial charge is 0.0326 e. The van der Waals surface area contributed by atoms with Gasteiger partial charge in [0.05, 0.1) is 0 Å². The van der Waals surface area contributed by atoms with Crippen LogP contribution < -0.4 is 11.1 Å². The predicted octanol–water partition coefficient (Wildman–Crippen LogP) is 2.74. The van der Waals surface area contributed by atoms with E-state index in [2.05, 4.69) is 23.7 Å². The summed E-state index contributed by atoms with van der Waals surface area (Å²) in [6.07, 6.45) is 7.39. The third-order valence-corrected chi connectivity index (χ3v) is 5.57. The SMILES string of the molecule is CSC1(CNC2CCc3cc(N)ccc32)CC1. The van der Waals surface area contributed by atoms with Gasteiger partial charge in [-0.1, -0.05) is 6.07 Å². The number of fused-ring (bicyclic) bond motifs is 1. The molecule has 2 aliphatic rings. The summed E-state index contributed by atoms with van der Waals surface area (Å²) in [6.45, 7) is 1.16. The molecule has 0 aromatic heterocycles. The minimum absolute atomic E-state index is 0.551. The number of hydrogen-bond donors (Lipinski definition) is 2. The Labute approximate surface area is 107 Å². The molecular weight excluding hydrogens is 228 g/mol. The molecule has 1 aromatic carbocycles. The minimum Gasteiger partial charge on any atom is -0.399 e. The molecule has 0 heterocycles. The zero-order chi connectivity index (χ0) is 11.9. The lowest BCUT2D eigenvalue weighted by Crippen LogP contribution is -2.28. The Balaban J connectivity index is 1.67. The summed E-state index contributed by atoms with van der Waals surface area (Å²) in [6, 6.07) is 6.92. The molecule has 3 rings (SSSR count). The van der Waals surface area contributed by atoms with Gasteiger partial charge in [0.25, 0.3) is 0 Å². The van der Waals surface area contributed by atoms with Crippen LogP contribution in [0.5, 0.6) is 0 Å². The fraction of sp³-hybridized carbons (Fsp3) is 0.571. The van der Waals surface area contributed by atoms with E-state index in [9.17, 15) is 0 Å². The number of nitrogen functional groups attached to an aromatic ring is 1. The zero-order valence-electron chi connectivity index (χ0n) is 10.3. The summed E-state index contributed by atoms with van der Waals surface area (Å²) in [4.78, 5) is 0. The topological polar surface area (TPSA) is 38.0 Å². The van der Waals surface area contributed by atoms with Crippen LogP contribution in [0.4, 0.5) is 5.69 Å². The fourth-order valence-corrected chi connectivity index (χ4v) is 3.49. The van der Waals surface area contributed by atoms with Gasteiger partial charge in [0.15, 0.2) is 0 Å². The van der Waals surface area contributed by atoms with Gasteiger partial charge in [-0.2, -0.15) is 11.8 Å². The van der Waals surface area contributed by atoms with Gasteiger partial charge in [0.2, 0.25) is 0 Å². The number of aryl methyl sites for hydroxylation is 1. The Morgan fingerprint density at radius 3 is 3.00 bits per heavy atom. The van der Waals surface area contributed by atoms with Crippen molar-refractivity contribution >= 4 is 17.4 Å². The number of thioether (sulfide) groups is 1. The third-order valence-electron chi connectivity index (χ3n) is 4.16. The standard InChI is InChI=1S/C14H20N2S/c1-17-14(6-7-14)9-16-13-5-2-10-8-11(15)3-4-12(10)13/h3-4,8,13,16H,2,5-7,9,15H2,1H3. The van der Waals surface area contributed by atoms with E-state index >= 15 is 0 Å². The van der Waals surface area contributed by atoms with Crippen LogP contribution in [0.25, 0.3) is 0 Å². The normalized spacial score (nSPS) is 24.6. The van der Waals surface area contributed by atoms with Gasteiger partial charge in [0, 0.05) is 23.0 Å². The number of nitrogens with two attached hydrogens (primary N) is 1. The van der Waals surface area contributed by atoms with E-state index in [0.717, 1.165) is 12.2 Å². The highest BCUT2D eigenvalue weighted by Gasteiger charge is 2.42. The molecule has 17 heavy (non-hydrogen) atoms. The number of hydrogen-bond acceptors (Lipinski definition) is 3. The van der Waals surface area contributed by atoms with Crippen molar-refractivity contribution in [3.8, 4) is 0 Å². The summed E-state index contributed by atoms with van der Waals surface area (Å²) in [5.41, 5.74) is 9.63. The molecule has 2 nitrogen and oxygen atoms in total. The van der Waals surface area contributed by atoms with Gasteiger partial charge < -0.3 is 11.1 Å². The number of rotatable bonds is 4. The molecule has 1 atom stereocenters. The van der Waals surface area contributed by atoms with Crippen LogP contribution in [-0.4, -0.2) is 17.5 Å². The Kier molecular flexibility index (Phi) is 2.83. The second kappa shape index (κ2) is 4.21. The van der Waals surface area contributed by atoms with Gasteiger partial charge in [-0.25, -0.2) is 0 Å². The van der Waals surface area contributed by atoms with Crippen LogP contribution in [0.2, 0.25) is 0 Å². The molecule has 1 saturated carbocycles. The van der Waals surface area contributed by atoms with E-state index in [0.29, 0.717) is 10.8 Å². The molecule has 0 bridgehead atoms. The van der Waals surface area contributed by atoms with Gasteiger partial charge >= 0.3 is 0 Å². The maximum Gasteiger partial charge on any atom is 0.0326 e. The second-order valence-electron chi connectivity index (χ2n) is 5.32. The van der Waals surface area contributed by atoms with E-state index in [1.54, 1.807) is 0 Å². The quantitative estimate of drug-likeness (QED) is 0.805. The molecule has 0 amide bonds. The summed E-state index contributed by atoms with van der Waals surface area (Å²) < 4.78 is 0.552. The molecule has 0 radical (unpaired) electrons. The van der Waals surface area contributed by atoms with Crippen molar-refractivity contribution in [3.05, 3.63) is 29.3 Å². The number of benzene rings is 1. The lowest BCUT2D eigenvalue weighted by atomic mass is 10.1. The van der Waals surface area contributed by atoms with Gasteiger partial charge in [-0.3, -0.25) is 0 Å². The van der Waals surface area contributed by atoms with Crippen molar-refractivity contribution in [1.29, 1.82) is 0 Å². The maximum atomic E-state index is 5.83. The largest absolute Gasteiger partial charge is 0.399 e. The van der Waals surface area contributed by atoms with Gasteiger partial charge in [-0.05, 0) is 55.2 Å². The lowest BCUT2D eigenvalue weighted by Gasteiger charge is -2.19. The molecule has 2 aliphatic carbocycles. The van der Waals surface area contributed by atoms with E-state index in [4.69, 9.17) is 5.73 Å². The predicted molar refractivity (Wildman–Crippen MR) is 75.4 cm³/mol. The lowest BCUT2D eigenvalue weighted by molar-refractivity contribution is 0.524. The molecule has 0 spiro atoms. The number of anilines is 1. The van der Waals surface area contributed by atoms with Crippen molar-refractivity contribution in [2.75, 3.05) is 18.5 Å². The average molecular weight is 248 g/mol. The molecule has 3 heteroatoms. The summed E-state index contributed by atoms with van der Waals surface area (Å²) in [7, 11) is 0. The summed E-state index contributed by atoms with van der Waals surface area (Å²) >= 11 is 2.02. The summed E-state index contributed by atoms with van der Waals surface area (Å²) in [5, 5.41) is 3.75. The molecule has 1 unspecified atom stereocenters. The van der Waals surface area contributed by atoms with Crippen LogP contribution in [0.3, 0.4) is 0 Å². The average Bonchev–Trinajstić information content (AvgIpc) is 3.02. The van der Waals surface area contributed by atoms with Crippen molar-refractivity contribution < 1.29 is 0 Å². The van der Waals surface area contributed by atoms with Crippen molar-refractivity contribution in [2.24, 2.45) is 0 Å². The first-order valence-corrected chi connectivity index (χ1v) is 7.62. The Hall–Kier alpha value is -0.670. The molecule has 3 N–H and O–H groups in total. The van der Waals surface area contributed by atoms with Crippen molar-refractivity contribution in [2.45, 2.75) is 36.5 Å². The van der Waals surface area contributed by atoms with E-state index in [1.807, 2.05) is 17.8 Å². The maximum absolute atomic E-state index is 5.83. The Morgan fingerprint density at radius 2 is 2.29 bits per heavy atom. The van der Waals surface area contributed by atoms with E-state index in [1.165, 1.54) is 36.8 Å². The molecular formula is C14H20N2S. The molecule has 92 valence electrons. The molecule has 0 aliphatic heterocycles. The van der Waals surface area contributed by atoms with Gasteiger partial charge in [0.1, 0.15) is 0 Å². The van der Waals surface area contributed by atoms with Crippen LogP contribution >= 0.6 is 11.8 Å².